The summed E-state index contributed by atoms with van der Waals surface area (Å²) in [7, 11) is 0. The summed E-state index contributed by atoms with van der Waals surface area (Å²) in [5, 5.41) is 0. The zero-order valence-corrected chi connectivity index (χ0v) is 48.6. The third-order valence-electron chi connectivity index (χ3n) is 13.3. The van der Waals surface area contributed by atoms with Crippen LogP contribution in [0.5, 0.6) is 0 Å². The summed E-state index contributed by atoms with van der Waals surface area (Å²) < 4.78 is 16.8. The van der Waals surface area contributed by atoms with Gasteiger partial charge in [0.25, 0.3) is 0 Å². The molecule has 0 heterocycles. The van der Waals surface area contributed by atoms with Gasteiger partial charge in [0.15, 0.2) is 6.10 Å². The predicted octanol–water partition coefficient (Wildman–Crippen LogP) is 21.3. The highest BCUT2D eigenvalue weighted by atomic mass is 16.6. The lowest BCUT2D eigenvalue weighted by Crippen LogP contribution is -2.30. The molecular weight excluding hydrogens is 913 g/mol. The van der Waals surface area contributed by atoms with Crippen LogP contribution in [0.25, 0.3) is 0 Å². The first-order valence-corrected chi connectivity index (χ1v) is 31.2. The van der Waals surface area contributed by atoms with Gasteiger partial charge < -0.3 is 14.2 Å². The molecule has 0 aromatic rings. The average Bonchev–Trinajstić information content (AvgIpc) is 3.40. The normalized spacial score (nSPS) is 12.7. The predicted molar refractivity (Wildman–Crippen MR) is 320 cm³/mol. The van der Waals surface area contributed by atoms with E-state index in [-0.39, 0.29) is 31.1 Å². The average molecular weight is 1030 g/mol. The van der Waals surface area contributed by atoms with E-state index in [1.165, 1.54) is 141 Å². The zero-order valence-electron chi connectivity index (χ0n) is 48.6. The number of hydrogen-bond donors (Lipinski definition) is 0. The molecule has 0 rings (SSSR count). The molecule has 0 fully saturated rings. The third kappa shape index (κ3) is 59.2. The fourth-order valence-corrected chi connectivity index (χ4v) is 8.65. The second-order valence-electron chi connectivity index (χ2n) is 20.6. The molecule has 0 aliphatic heterocycles. The number of hydrogen-bond acceptors (Lipinski definition) is 6. The lowest BCUT2D eigenvalue weighted by Gasteiger charge is -2.18. The summed E-state index contributed by atoms with van der Waals surface area (Å²) in [6.07, 6.45) is 82.8. The minimum Gasteiger partial charge on any atom is -0.462 e. The molecule has 0 aromatic heterocycles. The molecule has 0 spiro atoms. The first kappa shape index (κ1) is 70.3. The van der Waals surface area contributed by atoms with Gasteiger partial charge in [-0.1, -0.05) is 272 Å². The zero-order chi connectivity index (χ0) is 53.6. The van der Waals surface area contributed by atoms with Crippen LogP contribution in [0, 0.1) is 0 Å². The van der Waals surface area contributed by atoms with Crippen molar-refractivity contribution in [3.63, 3.8) is 0 Å². The largest absolute Gasteiger partial charge is 0.462 e. The molecular formula is C68H116O6. The maximum absolute atomic E-state index is 12.9. The van der Waals surface area contributed by atoms with Gasteiger partial charge in [0, 0.05) is 19.3 Å². The van der Waals surface area contributed by atoms with Crippen molar-refractivity contribution in [2.45, 2.75) is 303 Å². The van der Waals surface area contributed by atoms with Crippen molar-refractivity contribution in [1.82, 2.24) is 0 Å². The van der Waals surface area contributed by atoms with Crippen molar-refractivity contribution >= 4 is 17.9 Å². The van der Waals surface area contributed by atoms with Gasteiger partial charge in [0.1, 0.15) is 13.2 Å². The quantitative estimate of drug-likeness (QED) is 0.0261. The maximum Gasteiger partial charge on any atom is 0.306 e. The van der Waals surface area contributed by atoms with Gasteiger partial charge in [-0.2, -0.15) is 0 Å². The van der Waals surface area contributed by atoms with Gasteiger partial charge in [0.2, 0.25) is 0 Å². The van der Waals surface area contributed by atoms with E-state index < -0.39 is 6.10 Å². The van der Waals surface area contributed by atoms with Crippen LogP contribution in [0.2, 0.25) is 0 Å². The molecule has 0 amide bonds. The van der Waals surface area contributed by atoms with Gasteiger partial charge >= 0.3 is 17.9 Å². The Hall–Kier alpha value is -3.67. The van der Waals surface area contributed by atoms with E-state index in [1.54, 1.807) is 0 Å². The van der Waals surface area contributed by atoms with Crippen molar-refractivity contribution in [2.24, 2.45) is 0 Å². The Labute approximate surface area is 457 Å². The molecule has 0 aliphatic rings. The smallest absolute Gasteiger partial charge is 0.306 e. The van der Waals surface area contributed by atoms with Crippen LogP contribution in [-0.2, 0) is 28.6 Å². The minimum atomic E-state index is -0.790. The Morgan fingerprint density at radius 2 is 0.527 bits per heavy atom. The molecule has 0 saturated heterocycles. The number of unbranched alkanes of at least 4 members (excludes halogenated alkanes) is 29. The lowest BCUT2D eigenvalue weighted by atomic mass is 10.0. The van der Waals surface area contributed by atoms with Crippen molar-refractivity contribution in [3.8, 4) is 0 Å². The summed E-state index contributed by atoms with van der Waals surface area (Å²) in [6.45, 7) is 6.48. The molecule has 0 N–H and O–H groups in total. The molecule has 6 nitrogen and oxygen atoms in total. The molecule has 424 valence electrons. The van der Waals surface area contributed by atoms with Crippen molar-refractivity contribution in [1.29, 1.82) is 0 Å². The summed E-state index contributed by atoms with van der Waals surface area (Å²) in [5.41, 5.74) is 0. The fourth-order valence-electron chi connectivity index (χ4n) is 8.65. The van der Waals surface area contributed by atoms with Crippen LogP contribution < -0.4 is 0 Å². The summed E-state index contributed by atoms with van der Waals surface area (Å²) in [6, 6.07) is 0. The highest BCUT2D eigenvalue weighted by molar-refractivity contribution is 5.71. The molecule has 74 heavy (non-hydrogen) atoms. The molecule has 0 aliphatic carbocycles. The molecule has 0 bridgehead atoms. The van der Waals surface area contributed by atoms with Crippen LogP contribution in [0.1, 0.15) is 297 Å². The number of carbonyl (C=O) groups is 3. The second kappa shape index (κ2) is 61.9. The van der Waals surface area contributed by atoms with E-state index in [4.69, 9.17) is 14.2 Å². The number of carbonyl (C=O) groups excluding carboxylic acids is 3. The van der Waals surface area contributed by atoms with Crippen LogP contribution in [-0.4, -0.2) is 37.2 Å². The van der Waals surface area contributed by atoms with Crippen LogP contribution in [0.15, 0.2) is 97.2 Å². The molecule has 1 unspecified atom stereocenters. The minimum absolute atomic E-state index is 0.0868. The van der Waals surface area contributed by atoms with E-state index in [9.17, 15) is 14.4 Å². The van der Waals surface area contributed by atoms with E-state index in [0.29, 0.717) is 19.3 Å². The standard InChI is InChI=1S/C68H116O6/c1-4-7-10-13-16-19-21-23-25-27-29-31-33-34-36-37-39-41-43-45-47-49-52-55-58-61-67(70)73-64-65(63-72-66(69)60-57-54-51-18-15-12-9-6-3)74-68(71)62-59-56-53-50-48-46-44-42-40-38-35-32-30-28-26-24-22-20-17-14-11-8-5-2/h8,11,17,20-21,23-24,26-27,29-30,32,38,40,44,46,65H,4-7,9-10,12-16,18-19,22,25,28,31,33-37,39,41-43,45,47-64H2,1-3H3/b11-8-,20-17-,23-21-,26-24-,29-27-,32-30-,40-38-,46-44-. The highest BCUT2D eigenvalue weighted by Gasteiger charge is 2.19. The van der Waals surface area contributed by atoms with Crippen LogP contribution >= 0.6 is 0 Å². The van der Waals surface area contributed by atoms with Crippen molar-refractivity contribution in [3.05, 3.63) is 97.2 Å². The number of allylic oxidation sites excluding steroid dienone is 16. The third-order valence-corrected chi connectivity index (χ3v) is 13.3. The Morgan fingerprint density at radius 1 is 0.284 bits per heavy atom. The maximum atomic E-state index is 12.9. The van der Waals surface area contributed by atoms with E-state index >= 15 is 0 Å². The first-order chi connectivity index (χ1) is 36.5. The number of rotatable bonds is 56. The van der Waals surface area contributed by atoms with E-state index in [2.05, 4.69) is 118 Å². The van der Waals surface area contributed by atoms with E-state index in [1.807, 2.05) is 0 Å². The number of esters is 3. The van der Waals surface area contributed by atoms with Crippen LogP contribution in [0.3, 0.4) is 0 Å². The first-order valence-electron chi connectivity index (χ1n) is 31.2. The van der Waals surface area contributed by atoms with Gasteiger partial charge in [-0.05, 0) is 103 Å². The molecule has 6 heteroatoms. The second-order valence-corrected chi connectivity index (χ2v) is 20.6. The molecule has 1 atom stereocenters. The molecule has 0 aromatic carbocycles. The Morgan fingerprint density at radius 3 is 0.824 bits per heavy atom. The molecule has 0 saturated carbocycles. The van der Waals surface area contributed by atoms with Gasteiger partial charge in [-0.15, -0.1) is 0 Å². The van der Waals surface area contributed by atoms with Gasteiger partial charge in [0.05, 0.1) is 0 Å². The Bertz CT molecular complexity index is 1460. The SMILES string of the molecule is CC/C=C\C/C=C\C/C=C\C/C=C\C/C=C\C/C=C\CCCCCCC(=O)OC(COC(=O)CCCCCCCCCC)COC(=O)CCCCCCCCCCCCCCC/C=C\C/C=C\CCCCCCC. The number of ether oxygens (including phenoxy) is 3. The monoisotopic (exact) mass is 1030 g/mol. The van der Waals surface area contributed by atoms with Crippen molar-refractivity contribution < 1.29 is 28.6 Å². The molecule has 0 radical (unpaired) electrons. The Balaban J connectivity index is 4.24. The summed E-state index contributed by atoms with van der Waals surface area (Å²) in [5.74, 6) is -0.910. The fraction of sp³-hybridized carbons (Fsp3) is 0.721. The summed E-state index contributed by atoms with van der Waals surface area (Å²) in [4.78, 5) is 38.1. The topological polar surface area (TPSA) is 78.9 Å². The highest BCUT2D eigenvalue weighted by Crippen LogP contribution is 2.16. The van der Waals surface area contributed by atoms with Crippen LogP contribution in [0.4, 0.5) is 0 Å². The lowest BCUT2D eigenvalue weighted by molar-refractivity contribution is -0.167. The Kier molecular flexibility index (Phi) is 58.8. The van der Waals surface area contributed by atoms with Crippen molar-refractivity contribution in [2.75, 3.05) is 13.2 Å². The summed E-state index contributed by atoms with van der Waals surface area (Å²) >= 11 is 0. The van der Waals surface area contributed by atoms with Gasteiger partial charge in [-0.3, -0.25) is 14.4 Å². The van der Waals surface area contributed by atoms with E-state index in [0.717, 1.165) is 116 Å². The van der Waals surface area contributed by atoms with Gasteiger partial charge in [-0.25, -0.2) is 0 Å².